The van der Waals surface area contributed by atoms with Crippen molar-refractivity contribution in [3.8, 4) is 0 Å². The molecule has 0 saturated carbocycles. The van der Waals surface area contributed by atoms with Gasteiger partial charge in [-0.1, -0.05) is 55.5 Å². The van der Waals surface area contributed by atoms with E-state index in [0.717, 1.165) is 16.9 Å². The van der Waals surface area contributed by atoms with Crippen LogP contribution in [0.15, 0.2) is 40.3 Å². The molecular formula is C17H20N4O3S2. The van der Waals surface area contributed by atoms with Gasteiger partial charge in [-0.2, -0.15) is 0 Å². The van der Waals surface area contributed by atoms with E-state index in [1.165, 1.54) is 0 Å². The van der Waals surface area contributed by atoms with Crippen molar-refractivity contribution in [2.45, 2.75) is 30.8 Å². The van der Waals surface area contributed by atoms with E-state index in [4.69, 9.17) is 0 Å². The number of benzene rings is 1. The van der Waals surface area contributed by atoms with Gasteiger partial charge in [0, 0.05) is 0 Å². The molecule has 7 nitrogen and oxygen atoms in total. The first kappa shape index (κ1) is 18.7. The topological polar surface area (TPSA) is 108 Å². The summed E-state index contributed by atoms with van der Waals surface area (Å²) in [5.41, 5.74) is 1.27. The monoisotopic (exact) mass is 392 g/mol. The molecule has 138 valence electrons. The van der Waals surface area contributed by atoms with Gasteiger partial charge in [-0.15, -0.1) is 0 Å². The van der Waals surface area contributed by atoms with Crippen LogP contribution in [0, 0.1) is 5.92 Å². The summed E-state index contributed by atoms with van der Waals surface area (Å²) in [5, 5.41) is 12.9. The lowest BCUT2D eigenvalue weighted by atomic mass is 10.1. The van der Waals surface area contributed by atoms with Crippen LogP contribution in [0.1, 0.15) is 19.4 Å². The zero-order chi connectivity index (χ0) is 18.7. The maximum Gasteiger partial charge on any atom is 0.306 e. The number of fused-ring (bicyclic) bond motifs is 1. The normalized spacial score (nSPS) is 13.8. The van der Waals surface area contributed by atoms with Crippen molar-refractivity contribution in [2.75, 3.05) is 11.9 Å². The molecule has 26 heavy (non-hydrogen) atoms. The van der Waals surface area contributed by atoms with E-state index >= 15 is 0 Å². The van der Waals surface area contributed by atoms with E-state index < -0.39 is 10.8 Å². The number of hydrogen-bond acceptors (Lipinski definition) is 7. The molecule has 3 N–H and O–H groups in total. The predicted octanol–water partition coefficient (Wildman–Crippen LogP) is 2.12. The summed E-state index contributed by atoms with van der Waals surface area (Å²) in [6, 6.07) is 9.21. The number of aliphatic hydroxyl groups excluding tert-OH is 1. The van der Waals surface area contributed by atoms with E-state index in [1.54, 1.807) is 0 Å². The third-order valence-electron chi connectivity index (χ3n) is 3.93. The molecule has 9 heteroatoms. The highest BCUT2D eigenvalue weighted by Crippen LogP contribution is 2.24. The fourth-order valence-electron chi connectivity index (χ4n) is 2.41. The molecule has 0 radical (unpaired) electrons. The molecule has 0 aliphatic rings. The van der Waals surface area contributed by atoms with Crippen molar-refractivity contribution in [3.63, 3.8) is 0 Å². The van der Waals surface area contributed by atoms with Gasteiger partial charge < -0.3 is 10.4 Å². The van der Waals surface area contributed by atoms with Crippen molar-refractivity contribution in [2.24, 2.45) is 5.92 Å². The van der Waals surface area contributed by atoms with Crippen molar-refractivity contribution in [1.29, 1.82) is 0 Å². The molecule has 2 aromatic heterocycles. The smallest absolute Gasteiger partial charge is 0.306 e. The van der Waals surface area contributed by atoms with Crippen LogP contribution in [0.2, 0.25) is 0 Å². The highest BCUT2D eigenvalue weighted by molar-refractivity contribution is 7.84. The number of aliphatic hydroxyl groups is 1. The third-order valence-corrected chi connectivity index (χ3v) is 5.99. The second kappa shape index (κ2) is 8.07. The molecule has 3 rings (SSSR count). The lowest BCUT2D eigenvalue weighted by Gasteiger charge is -2.20. The Morgan fingerprint density at radius 3 is 2.65 bits per heavy atom. The fraction of sp³-hybridized carbons (Fsp3) is 0.353. The summed E-state index contributed by atoms with van der Waals surface area (Å²) in [6.07, 6.45) is 0. The zero-order valence-electron chi connectivity index (χ0n) is 14.4. The van der Waals surface area contributed by atoms with E-state index in [1.807, 2.05) is 44.2 Å². The largest absolute Gasteiger partial charge is 0.394 e. The van der Waals surface area contributed by atoms with Crippen molar-refractivity contribution in [1.82, 2.24) is 15.0 Å². The van der Waals surface area contributed by atoms with Crippen LogP contribution in [0.5, 0.6) is 0 Å². The summed E-state index contributed by atoms with van der Waals surface area (Å²) in [6.45, 7) is 3.87. The van der Waals surface area contributed by atoms with Crippen LogP contribution >= 0.6 is 11.3 Å². The minimum absolute atomic E-state index is 0.0784. The van der Waals surface area contributed by atoms with E-state index in [0.29, 0.717) is 16.2 Å². The fourth-order valence-corrected chi connectivity index (χ4v) is 4.15. The molecule has 0 unspecified atom stereocenters. The summed E-state index contributed by atoms with van der Waals surface area (Å²) < 4.78 is 13.3. The van der Waals surface area contributed by atoms with Gasteiger partial charge in [0.25, 0.3) is 0 Å². The molecule has 0 amide bonds. The van der Waals surface area contributed by atoms with Crippen LogP contribution in [-0.4, -0.2) is 36.9 Å². The first-order valence-electron chi connectivity index (χ1n) is 8.18. The van der Waals surface area contributed by atoms with E-state index in [9.17, 15) is 14.1 Å². The minimum atomic E-state index is -1.46. The predicted molar refractivity (Wildman–Crippen MR) is 104 cm³/mol. The average molecular weight is 393 g/mol. The second-order valence-corrected chi connectivity index (χ2v) is 8.53. The highest BCUT2D eigenvalue weighted by Gasteiger charge is 2.19. The summed E-state index contributed by atoms with van der Waals surface area (Å²) >= 11 is 0.988. The molecule has 2 atom stereocenters. The average Bonchev–Trinajstić information content (AvgIpc) is 3.00. The minimum Gasteiger partial charge on any atom is -0.394 e. The van der Waals surface area contributed by atoms with E-state index in [-0.39, 0.29) is 34.3 Å². The van der Waals surface area contributed by atoms with Crippen molar-refractivity contribution in [3.05, 3.63) is 45.6 Å². The maximum atomic E-state index is 12.7. The standard InChI is InChI=1S/C17H20N4O3S2/c1-10(2)12(8-22)18-14-13-15(21-17(23)25-13)20-16(19-14)26(24)9-11-6-4-3-5-7-11/h3-7,10,12,22H,8-9H2,1-2H3,(H2,18,19,20,21,23)/t12-,26-/m0/s1. The number of nitrogens with zero attached hydrogens (tertiary/aromatic N) is 2. The number of aromatic amines is 1. The van der Waals surface area contributed by atoms with Gasteiger partial charge in [-0.3, -0.25) is 14.0 Å². The summed E-state index contributed by atoms with van der Waals surface area (Å²) in [7, 11) is -1.46. The SMILES string of the molecule is CC(C)[C@H](CO)Nc1nc([S@@](=O)Cc2ccccc2)nc2[nH]c(=O)sc12. The molecule has 0 fully saturated rings. The number of aromatic nitrogens is 3. The van der Waals surface area contributed by atoms with E-state index in [2.05, 4.69) is 20.3 Å². The van der Waals surface area contributed by atoms with Crippen LogP contribution in [0.25, 0.3) is 10.3 Å². The molecule has 2 heterocycles. The van der Waals surface area contributed by atoms with Crippen LogP contribution in [-0.2, 0) is 16.6 Å². The van der Waals surface area contributed by atoms with Gasteiger partial charge in [-0.25, -0.2) is 9.97 Å². The molecule has 0 bridgehead atoms. The molecule has 3 aromatic rings. The molecule has 0 saturated heterocycles. The van der Waals surface area contributed by atoms with Gasteiger partial charge in [0.15, 0.2) is 11.5 Å². The number of hydrogen-bond donors (Lipinski definition) is 3. The second-order valence-electron chi connectivity index (χ2n) is 6.20. The third kappa shape index (κ3) is 4.17. The number of H-pyrrole nitrogens is 1. The number of rotatable bonds is 7. The van der Waals surface area contributed by atoms with Crippen LogP contribution in [0.3, 0.4) is 0 Å². The number of nitrogens with one attached hydrogen (secondary N) is 2. The Labute approximate surface area is 157 Å². The first-order chi connectivity index (χ1) is 12.5. The van der Waals surface area contributed by atoms with Gasteiger partial charge in [-0.05, 0) is 11.5 Å². The zero-order valence-corrected chi connectivity index (χ0v) is 16.1. The van der Waals surface area contributed by atoms with Gasteiger partial charge >= 0.3 is 4.87 Å². The lowest BCUT2D eigenvalue weighted by molar-refractivity contribution is 0.249. The number of anilines is 1. The summed E-state index contributed by atoms with van der Waals surface area (Å²) in [5.74, 6) is 0.856. The Morgan fingerprint density at radius 2 is 2.00 bits per heavy atom. The first-order valence-corrected chi connectivity index (χ1v) is 10.3. The van der Waals surface area contributed by atoms with Gasteiger partial charge in [0.2, 0.25) is 5.16 Å². The van der Waals surface area contributed by atoms with Crippen LogP contribution < -0.4 is 10.2 Å². The van der Waals surface area contributed by atoms with Crippen LogP contribution in [0.4, 0.5) is 5.82 Å². The molecule has 0 aliphatic heterocycles. The quantitative estimate of drug-likeness (QED) is 0.532. The maximum absolute atomic E-state index is 12.7. The van der Waals surface area contributed by atoms with Crippen molar-refractivity contribution < 1.29 is 9.32 Å². The van der Waals surface area contributed by atoms with Gasteiger partial charge in [0.05, 0.1) is 29.2 Å². The summed E-state index contributed by atoms with van der Waals surface area (Å²) in [4.78, 5) is 22.8. The van der Waals surface area contributed by atoms with Crippen molar-refractivity contribution >= 4 is 38.3 Å². The Kier molecular flexibility index (Phi) is 5.80. The Hall–Kier alpha value is -2.10. The molecular weight excluding hydrogens is 372 g/mol. The molecule has 0 spiro atoms. The molecule has 1 aromatic carbocycles. The highest BCUT2D eigenvalue weighted by atomic mass is 32.2. The Balaban J connectivity index is 1.98. The Morgan fingerprint density at radius 1 is 1.27 bits per heavy atom. The number of thiazole rings is 1. The lowest BCUT2D eigenvalue weighted by Crippen LogP contribution is -2.30. The Bertz CT molecular complexity index is 969. The van der Waals surface area contributed by atoms with Gasteiger partial charge in [0.1, 0.15) is 4.70 Å². The molecule has 0 aliphatic carbocycles.